The van der Waals surface area contributed by atoms with Crippen LogP contribution >= 0.6 is 12.2 Å². The molecule has 0 unspecified atom stereocenters. The quantitative estimate of drug-likeness (QED) is 0.539. The number of aromatic nitrogens is 3. The molecule has 31 heavy (non-hydrogen) atoms. The van der Waals surface area contributed by atoms with Gasteiger partial charge in [0.15, 0.2) is 0 Å². The maximum Gasteiger partial charge on any atom is 0.288 e. The molecule has 0 saturated carbocycles. The van der Waals surface area contributed by atoms with Crippen LogP contribution in [-0.2, 0) is 6.67 Å². The molecule has 4 rings (SSSR count). The molecule has 2 aromatic heterocycles. The Morgan fingerprint density at radius 1 is 1.13 bits per heavy atom. The van der Waals surface area contributed by atoms with E-state index in [9.17, 15) is 0 Å². The van der Waals surface area contributed by atoms with Gasteiger partial charge in [-0.2, -0.15) is 5.26 Å². The highest BCUT2D eigenvalue weighted by Crippen LogP contribution is 2.32. The van der Waals surface area contributed by atoms with Gasteiger partial charge in [-0.1, -0.05) is 0 Å². The average molecular weight is 439 g/mol. The molecule has 10 heteroatoms. The minimum Gasteiger partial charge on any atom is -0.497 e. The Balaban J connectivity index is 1.44. The van der Waals surface area contributed by atoms with Gasteiger partial charge in [0.25, 0.3) is 10.7 Å². The molecule has 160 valence electrons. The Kier molecular flexibility index (Phi) is 6.16. The lowest BCUT2D eigenvalue weighted by molar-refractivity contribution is 0.192. The summed E-state index contributed by atoms with van der Waals surface area (Å²) in [6, 6.07) is 11.1. The van der Waals surface area contributed by atoms with Crippen LogP contribution in [0.15, 0.2) is 40.9 Å². The lowest BCUT2D eigenvalue weighted by Crippen LogP contribution is -2.47. The number of nitrogens with zero attached hydrogens (tertiary/aromatic N) is 6. The van der Waals surface area contributed by atoms with E-state index in [4.69, 9.17) is 31.4 Å². The van der Waals surface area contributed by atoms with Gasteiger partial charge in [-0.3, -0.25) is 4.90 Å². The van der Waals surface area contributed by atoms with Crippen molar-refractivity contribution < 1.29 is 13.9 Å². The molecule has 0 aliphatic carbocycles. The zero-order chi connectivity index (χ0) is 21.8. The van der Waals surface area contributed by atoms with Crippen molar-refractivity contribution in [2.24, 2.45) is 0 Å². The van der Waals surface area contributed by atoms with E-state index in [0.717, 1.165) is 32.0 Å². The summed E-state index contributed by atoms with van der Waals surface area (Å²) in [4.78, 5) is 9.11. The van der Waals surface area contributed by atoms with Gasteiger partial charge in [0.1, 0.15) is 17.3 Å². The third kappa shape index (κ3) is 4.52. The van der Waals surface area contributed by atoms with Crippen LogP contribution in [0.4, 0.5) is 5.82 Å². The number of rotatable bonds is 6. The number of piperazine rings is 1. The number of nitriles is 1. The summed E-state index contributed by atoms with van der Waals surface area (Å²) in [5, 5.41) is 13.6. The lowest BCUT2D eigenvalue weighted by atomic mass is 10.2. The van der Waals surface area contributed by atoms with Gasteiger partial charge in [-0.05, 0) is 36.5 Å². The Bertz CT molecular complexity index is 1160. The molecule has 1 aromatic carbocycles. The summed E-state index contributed by atoms with van der Waals surface area (Å²) >= 11 is 5.39. The fourth-order valence-corrected chi connectivity index (χ4v) is 3.63. The SMILES string of the molecule is COc1ccc(-c2nn(CN3CCN(c4cc(C#N)ccn4)CC3)c(=S)o2)c(OC)c1. The fraction of sp³-hybridized carbons (Fsp3) is 0.333. The van der Waals surface area contributed by atoms with Gasteiger partial charge in [-0.25, -0.2) is 9.67 Å². The van der Waals surface area contributed by atoms with E-state index < -0.39 is 0 Å². The third-order valence-corrected chi connectivity index (χ3v) is 5.44. The first-order chi connectivity index (χ1) is 15.1. The maximum absolute atomic E-state index is 9.09. The van der Waals surface area contributed by atoms with Crippen molar-refractivity contribution in [2.75, 3.05) is 45.3 Å². The molecule has 1 saturated heterocycles. The Hall–Kier alpha value is -3.42. The smallest absolute Gasteiger partial charge is 0.288 e. The predicted octanol–water partition coefficient (Wildman–Crippen LogP) is 2.94. The van der Waals surface area contributed by atoms with Gasteiger partial charge >= 0.3 is 0 Å². The average Bonchev–Trinajstić information content (AvgIpc) is 3.18. The molecule has 1 aliphatic rings. The van der Waals surface area contributed by atoms with Crippen molar-refractivity contribution in [2.45, 2.75) is 6.67 Å². The van der Waals surface area contributed by atoms with Crippen LogP contribution in [0.3, 0.4) is 0 Å². The fourth-order valence-electron chi connectivity index (χ4n) is 3.45. The molecule has 0 atom stereocenters. The number of hydrogen-bond acceptors (Lipinski definition) is 9. The van der Waals surface area contributed by atoms with E-state index in [1.807, 2.05) is 18.2 Å². The largest absolute Gasteiger partial charge is 0.497 e. The van der Waals surface area contributed by atoms with E-state index >= 15 is 0 Å². The zero-order valence-corrected chi connectivity index (χ0v) is 18.1. The summed E-state index contributed by atoms with van der Waals surface area (Å²) in [6.07, 6.45) is 1.67. The van der Waals surface area contributed by atoms with Crippen molar-refractivity contribution in [3.63, 3.8) is 0 Å². The summed E-state index contributed by atoms with van der Waals surface area (Å²) in [6.45, 7) is 3.75. The molecule has 0 bridgehead atoms. The third-order valence-electron chi connectivity index (χ3n) is 5.15. The Labute approximate surface area is 185 Å². The van der Waals surface area contributed by atoms with Crippen molar-refractivity contribution in [1.29, 1.82) is 5.26 Å². The van der Waals surface area contributed by atoms with Crippen molar-refractivity contribution >= 4 is 18.0 Å². The maximum atomic E-state index is 9.09. The highest BCUT2D eigenvalue weighted by molar-refractivity contribution is 7.71. The summed E-state index contributed by atoms with van der Waals surface area (Å²) in [5.41, 5.74) is 1.32. The van der Waals surface area contributed by atoms with Crippen LogP contribution in [0.2, 0.25) is 0 Å². The van der Waals surface area contributed by atoms with Crippen molar-refractivity contribution in [3.8, 4) is 29.0 Å². The standard InChI is InChI=1S/C21H22N6O3S/c1-28-16-3-4-17(18(12-16)29-2)20-24-27(21(31)30-20)14-25-7-9-26(10-8-25)19-11-15(13-22)5-6-23-19/h3-6,11-12H,7-10,14H2,1-2H3. The van der Waals surface area contributed by atoms with E-state index in [1.165, 1.54) is 0 Å². The molecule has 3 aromatic rings. The van der Waals surface area contributed by atoms with Gasteiger partial charge in [0.05, 0.1) is 38.1 Å². The number of hydrogen-bond donors (Lipinski definition) is 0. The van der Waals surface area contributed by atoms with Gasteiger partial charge in [0.2, 0.25) is 0 Å². The number of anilines is 1. The molecule has 0 spiro atoms. The van der Waals surface area contributed by atoms with Crippen LogP contribution in [0.1, 0.15) is 5.56 Å². The van der Waals surface area contributed by atoms with E-state index in [1.54, 1.807) is 37.2 Å². The van der Waals surface area contributed by atoms with E-state index in [0.29, 0.717) is 40.0 Å². The van der Waals surface area contributed by atoms with E-state index in [-0.39, 0.29) is 0 Å². The van der Waals surface area contributed by atoms with Crippen LogP contribution < -0.4 is 14.4 Å². The molecular formula is C21H22N6O3S. The molecule has 3 heterocycles. The Morgan fingerprint density at radius 2 is 1.94 bits per heavy atom. The number of pyridine rings is 1. The topological polar surface area (TPSA) is 92.6 Å². The summed E-state index contributed by atoms with van der Waals surface area (Å²) in [5.74, 6) is 2.51. The predicted molar refractivity (Wildman–Crippen MR) is 117 cm³/mol. The summed E-state index contributed by atoms with van der Waals surface area (Å²) in [7, 11) is 3.19. The van der Waals surface area contributed by atoms with Gasteiger partial charge in [0, 0.05) is 38.4 Å². The molecule has 9 nitrogen and oxygen atoms in total. The van der Waals surface area contributed by atoms with Crippen molar-refractivity contribution in [1.82, 2.24) is 19.7 Å². The van der Waals surface area contributed by atoms with Crippen LogP contribution in [-0.4, -0.2) is 60.1 Å². The Morgan fingerprint density at radius 3 is 2.65 bits per heavy atom. The van der Waals surface area contributed by atoms with Gasteiger partial charge in [-0.15, -0.1) is 5.10 Å². The molecule has 0 N–H and O–H groups in total. The minimum atomic E-state index is 0.304. The number of benzene rings is 1. The molecular weight excluding hydrogens is 416 g/mol. The van der Waals surface area contributed by atoms with E-state index in [2.05, 4.69) is 26.0 Å². The second kappa shape index (κ2) is 9.16. The van der Waals surface area contributed by atoms with Crippen molar-refractivity contribution in [3.05, 3.63) is 46.9 Å². The molecule has 1 aliphatic heterocycles. The highest BCUT2D eigenvalue weighted by Gasteiger charge is 2.20. The molecule has 1 fully saturated rings. The zero-order valence-electron chi connectivity index (χ0n) is 17.3. The molecule has 0 amide bonds. The summed E-state index contributed by atoms with van der Waals surface area (Å²) < 4.78 is 18.1. The van der Waals surface area contributed by atoms with Gasteiger partial charge < -0.3 is 18.8 Å². The second-order valence-corrected chi connectivity index (χ2v) is 7.35. The van der Waals surface area contributed by atoms with Crippen LogP contribution in [0.25, 0.3) is 11.5 Å². The highest BCUT2D eigenvalue weighted by atomic mass is 32.1. The van der Waals surface area contributed by atoms with Crippen LogP contribution in [0.5, 0.6) is 11.5 Å². The second-order valence-electron chi connectivity index (χ2n) is 7.00. The van der Waals surface area contributed by atoms with Crippen LogP contribution in [0, 0.1) is 16.2 Å². The minimum absolute atomic E-state index is 0.304. The normalized spacial score (nSPS) is 14.3. The number of methoxy groups -OCH3 is 2. The first kappa shape index (κ1) is 20.8. The molecule has 0 radical (unpaired) electrons. The lowest BCUT2D eigenvalue weighted by Gasteiger charge is -2.35. The monoisotopic (exact) mass is 438 g/mol. The number of ether oxygens (including phenoxy) is 2. The first-order valence-electron chi connectivity index (χ1n) is 9.75. The first-order valence-corrected chi connectivity index (χ1v) is 10.2.